The molecule has 1 aromatic rings. The molecule has 0 spiro atoms. The largest absolute Gasteiger partial charge is 0.478 e. The smallest absolute Gasteiger partial charge is 0.348 e. The van der Waals surface area contributed by atoms with Crippen LogP contribution < -0.4 is 4.74 Å². The number of hydrogen-bond acceptors (Lipinski definition) is 2. The highest BCUT2D eigenvalue weighted by atomic mass is 16.5. The summed E-state index contributed by atoms with van der Waals surface area (Å²) in [6, 6.07) is 9.20. The third-order valence-corrected chi connectivity index (χ3v) is 4.18. The molecule has 0 bridgehead atoms. The van der Waals surface area contributed by atoms with Gasteiger partial charge in [-0.3, -0.25) is 0 Å². The molecule has 0 heterocycles. The molecular formula is C18H28O3. The van der Waals surface area contributed by atoms with Crippen molar-refractivity contribution in [2.75, 3.05) is 0 Å². The topological polar surface area (TPSA) is 46.5 Å². The van der Waals surface area contributed by atoms with Crippen LogP contribution in [0.1, 0.15) is 59.3 Å². The lowest BCUT2D eigenvalue weighted by molar-refractivity contribution is -0.158. The summed E-state index contributed by atoms with van der Waals surface area (Å²) in [4.78, 5) is 11.7. The van der Waals surface area contributed by atoms with Crippen molar-refractivity contribution in [2.24, 2.45) is 5.92 Å². The van der Waals surface area contributed by atoms with Crippen molar-refractivity contribution in [1.29, 1.82) is 0 Å². The zero-order valence-corrected chi connectivity index (χ0v) is 13.5. The van der Waals surface area contributed by atoms with Crippen LogP contribution in [0.15, 0.2) is 30.3 Å². The Labute approximate surface area is 128 Å². The number of unbranched alkanes of at least 4 members (excludes halogenated alkanes) is 4. The first-order chi connectivity index (χ1) is 10.0. The number of para-hydroxylation sites is 1. The number of rotatable bonds is 10. The Kier molecular flexibility index (Phi) is 7.27. The minimum atomic E-state index is -1.17. The molecule has 2 unspecified atom stereocenters. The van der Waals surface area contributed by atoms with Crippen molar-refractivity contribution in [3.8, 4) is 5.75 Å². The summed E-state index contributed by atoms with van der Waals surface area (Å²) in [5.41, 5.74) is -1.17. The van der Waals surface area contributed by atoms with Gasteiger partial charge in [0.1, 0.15) is 5.75 Å². The SMILES string of the molecule is CCCCCCCC(C)C(C)(Oc1ccccc1)C(=O)O. The molecule has 2 atom stereocenters. The predicted octanol–water partition coefficient (Wildman–Crippen LogP) is 4.91. The van der Waals surface area contributed by atoms with Crippen molar-refractivity contribution < 1.29 is 14.6 Å². The third-order valence-electron chi connectivity index (χ3n) is 4.18. The molecule has 0 saturated carbocycles. The van der Waals surface area contributed by atoms with E-state index in [9.17, 15) is 9.90 Å². The van der Waals surface area contributed by atoms with E-state index in [1.165, 1.54) is 25.7 Å². The molecule has 0 aliphatic rings. The van der Waals surface area contributed by atoms with Crippen LogP contribution in [0.5, 0.6) is 5.75 Å². The average molecular weight is 292 g/mol. The van der Waals surface area contributed by atoms with E-state index in [-0.39, 0.29) is 5.92 Å². The van der Waals surface area contributed by atoms with Crippen molar-refractivity contribution in [3.63, 3.8) is 0 Å². The lowest BCUT2D eigenvalue weighted by Crippen LogP contribution is -2.47. The Morgan fingerprint density at radius 3 is 2.38 bits per heavy atom. The Bertz CT molecular complexity index is 416. The number of carboxylic acids is 1. The van der Waals surface area contributed by atoms with Gasteiger partial charge >= 0.3 is 5.97 Å². The van der Waals surface area contributed by atoms with Crippen LogP contribution >= 0.6 is 0 Å². The van der Waals surface area contributed by atoms with Gasteiger partial charge in [-0.05, 0) is 25.5 Å². The molecule has 1 aromatic carbocycles. The van der Waals surface area contributed by atoms with E-state index in [4.69, 9.17) is 4.74 Å². The van der Waals surface area contributed by atoms with Crippen molar-refractivity contribution in [3.05, 3.63) is 30.3 Å². The first-order valence-corrected chi connectivity index (χ1v) is 7.98. The van der Waals surface area contributed by atoms with E-state index in [1.807, 2.05) is 25.1 Å². The summed E-state index contributed by atoms with van der Waals surface area (Å²) in [5.74, 6) is -0.315. The van der Waals surface area contributed by atoms with Gasteiger partial charge in [-0.1, -0.05) is 64.2 Å². The molecule has 0 aliphatic heterocycles. The fraction of sp³-hybridized carbons (Fsp3) is 0.611. The fourth-order valence-corrected chi connectivity index (χ4v) is 2.42. The number of benzene rings is 1. The van der Waals surface area contributed by atoms with Crippen LogP contribution in [-0.4, -0.2) is 16.7 Å². The van der Waals surface area contributed by atoms with Gasteiger partial charge in [0.15, 0.2) is 0 Å². The van der Waals surface area contributed by atoms with Crippen molar-refractivity contribution >= 4 is 5.97 Å². The summed E-state index contributed by atoms with van der Waals surface area (Å²) in [5, 5.41) is 9.58. The maximum atomic E-state index is 11.7. The Morgan fingerprint density at radius 1 is 1.19 bits per heavy atom. The van der Waals surface area contributed by atoms with Gasteiger partial charge in [0.05, 0.1) is 0 Å². The molecule has 118 valence electrons. The van der Waals surface area contributed by atoms with Crippen LogP contribution in [0.25, 0.3) is 0 Å². The highest BCUT2D eigenvalue weighted by molar-refractivity contribution is 5.77. The first-order valence-electron chi connectivity index (χ1n) is 7.98. The van der Waals surface area contributed by atoms with Crippen LogP contribution in [0.4, 0.5) is 0 Å². The van der Waals surface area contributed by atoms with Crippen molar-refractivity contribution in [2.45, 2.75) is 64.9 Å². The summed E-state index contributed by atoms with van der Waals surface area (Å²) in [6.45, 7) is 5.84. The summed E-state index contributed by atoms with van der Waals surface area (Å²) >= 11 is 0. The molecule has 0 aliphatic carbocycles. The standard InChI is InChI=1S/C18H28O3/c1-4-5-6-7-9-12-15(2)18(3,17(19)20)21-16-13-10-8-11-14-16/h8,10-11,13-15H,4-7,9,12H2,1-3H3,(H,19,20). The van der Waals surface area contributed by atoms with Gasteiger partial charge in [0.25, 0.3) is 0 Å². The maximum Gasteiger partial charge on any atom is 0.348 e. The quantitative estimate of drug-likeness (QED) is 0.623. The maximum absolute atomic E-state index is 11.7. The summed E-state index contributed by atoms with van der Waals surface area (Å²) < 4.78 is 5.80. The Hall–Kier alpha value is -1.51. The minimum absolute atomic E-state index is 0.0307. The van der Waals surface area contributed by atoms with Gasteiger partial charge in [0, 0.05) is 5.92 Å². The van der Waals surface area contributed by atoms with E-state index >= 15 is 0 Å². The van der Waals surface area contributed by atoms with E-state index in [0.717, 1.165) is 12.8 Å². The number of carbonyl (C=O) groups is 1. The normalized spacial score (nSPS) is 15.2. The molecule has 0 radical (unpaired) electrons. The first kappa shape index (κ1) is 17.5. The van der Waals surface area contributed by atoms with Gasteiger partial charge in [0.2, 0.25) is 5.60 Å². The zero-order chi connectivity index (χ0) is 15.7. The molecule has 3 heteroatoms. The van der Waals surface area contributed by atoms with Gasteiger partial charge in [-0.2, -0.15) is 0 Å². The van der Waals surface area contributed by atoms with Crippen LogP contribution in [0.2, 0.25) is 0 Å². The van der Waals surface area contributed by atoms with Gasteiger partial charge < -0.3 is 9.84 Å². The molecule has 3 nitrogen and oxygen atoms in total. The van der Waals surface area contributed by atoms with E-state index in [2.05, 4.69) is 6.92 Å². The summed E-state index contributed by atoms with van der Waals surface area (Å²) in [7, 11) is 0. The molecule has 21 heavy (non-hydrogen) atoms. The molecule has 0 saturated heterocycles. The lowest BCUT2D eigenvalue weighted by Gasteiger charge is -2.32. The average Bonchev–Trinajstić information content (AvgIpc) is 2.47. The van der Waals surface area contributed by atoms with E-state index in [0.29, 0.717) is 5.75 Å². The molecular weight excluding hydrogens is 264 g/mol. The highest BCUT2D eigenvalue weighted by Gasteiger charge is 2.41. The zero-order valence-electron chi connectivity index (χ0n) is 13.5. The molecule has 0 amide bonds. The minimum Gasteiger partial charge on any atom is -0.478 e. The van der Waals surface area contributed by atoms with Crippen molar-refractivity contribution in [1.82, 2.24) is 0 Å². The van der Waals surface area contributed by atoms with Crippen LogP contribution in [-0.2, 0) is 4.79 Å². The second kappa shape index (κ2) is 8.71. The Morgan fingerprint density at radius 2 is 1.81 bits per heavy atom. The van der Waals surface area contributed by atoms with Crippen LogP contribution in [0, 0.1) is 5.92 Å². The number of aliphatic carboxylic acids is 1. The number of carboxylic acid groups (broad SMARTS) is 1. The second-order valence-electron chi connectivity index (χ2n) is 5.93. The lowest BCUT2D eigenvalue weighted by atomic mass is 9.86. The predicted molar refractivity (Wildman–Crippen MR) is 85.7 cm³/mol. The molecule has 1 N–H and O–H groups in total. The Balaban J connectivity index is 2.60. The molecule has 0 fully saturated rings. The van der Waals surface area contributed by atoms with E-state index in [1.54, 1.807) is 19.1 Å². The summed E-state index contributed by atoms with van der Waals surface area (Å²) in [6.07, 6.45) is 6.80. The molecule has 1 rings (SSSR count). The third kappa shape index (κ3) is 5.41. The number of ether oxygens (including phenoxy) is 1. The highest BCUT2D eigenvalue weighted by Crippen LogP contribution is 2.29. The second-order valence-corrected chi connectivity index (χ2v) is 5.93. The molecule has 0 aromatic heterocycles. The van der Waals surface area contributed by atoms with Crippen LogP contribution in [0.3, 0.4) is 0 Å². The van der Waals surface area contributed by atoms with Gasteiger partial charge in [-0.15, -0.1) is 0 Å². The van der Waals surface area contributed by atoms with Gasteiger partial charge in [-0.25, -0.2) is 4.79 Å². The van der Waals surface area contributed by atoms with E-state index < -0.39 is 11.6 Å². The monoisotopic (exact) mass is 292 g/mol. The number of hydrogen-bond donors (Lipinski definition) is 1. The fourth-order valence-electron chi connectivity index (χ4n) is 2.42.